The van der Waals surface area contributed by atoms with Crippen molar-refractivity contribution >= 4 is 10.0 Å². The molecule has 1 aromatic rings. The van der Waals surface area contributed by atoms with Crippen LogP contribution in [-0.2, 0) is 10.0 Å². The van der Waals surface area contributed by atoms with Crippen LogP contribution in [0.25, 0.3) is 0 Å². The third-order valence-electron chi connectivity index (χ3n) is 2.46. The molecule has 6 nitrogen and oxygen atoms in total. The normalized spacial score (nSPS) is 11.4. The van der Waals surface area contributed by atoms with Gasteiger partial charge in [-0.1, -0.05) is 0 Å². The van der Waals surface area contributed by atoms with Crippen LogP contribution in [0.4, 0.5) is 0 Å². The Morgan fingerprint density at radius 1 is 1.56 bits per heavy atom. The summed E-state index contributed by atoms with van der Waals surface area (Å²) in [6, 6.07) is 4.70. The van der Waals surface area contributed by atoms with Crippen molar-refractivity contribution in [2.45, 2.75) is 11.3 Å². The molecule has 0 aliphatic rings. The molecule has 98 valence electrons. The van der Waals surface area contributed by atoms with Crippen LogP contribution in [0.2, 0.25) is 0 Å². The molecule has 0 unspecified atom stereocenters. The third kappa shape index (κ3) is 3.26. The Balaban J connectivity index is 2.96. The van der Waals surface area contributed by atoms with Gasteiger partial charge in [-0.25, -0.2) is 17.7 Å². The number of hydrogen-bond donors (Lipinski definition) is 1. The molecule has 0 saturated heterocycles. The van der Waals surface area contributed by atoms with Gasteiger partial charge in [-0.2, -0.15) is 5.26 Å². The van der Waals surface area contributed by atoms with Gasteiger partial charge in [-0.3, -0.25) is 0 Å². The standard InChI is InChI=1S/C11H16N4O2S/c1-13-6-4-8-15(2)18(16,17)11-5-3-7-14-10(11)9-12/h3,5,7,13H,4,6,8H2,1-2H3. The molecule has 0 bridgehead atoms. The van der Waals surface area contributed by atoms with Crippen LogP contribution >= 0.6 is 0 Å². The molecule has 1 heterocycles. The van der Waals surface area contributed by atoms with E-state index in [1.165, 1.54) is 29.7 Å². The molecule has 7 heteroatoms. The second-order valence-electron chi connectivity index (χ2n) is 3.75. The van der Waals surface area contributed by atoms with Crippen LogP contribution in [0.1, 0.15) is 12.1 Å². The summed E-state index contributed by atoms with van der Waals surface area (Å²) >= 11 is 0. The number of rotatable bonds is 6. The van der Waals surface area contributed by atoms with Gasteiger partial charge in [0.2, 0.25) is 10.0 Å². The highest BCUT2D eigenvalue weighted by atomic mass is 32.2. The van der Waals surface area contributed by atoms with Crippen LogP contribution in [0.5, 0.6) is 0 Å². The Bertz CT molecular complexity index is 536. The number of nitriles is 1. The average Bonchev–Trinajstić information content (AvgIpc) is 2.38. The highest BCUT2D eigenvalue weighted by Crippen LogP contribution is 2.16. The van der Waals surface area contributed by atoms with E-state index in [1.54, 1.807) is 6.07 Å². The maximum atomic E-state index is 12.2. The number of aromatic nitrogens is 1. The molecule has 0 aliphatic carbocycles. The van der Waals surface area contributed by atoms with E-state index in [0.29, 0.717) is 13.0 Å². The lowest BCUT2D eigenvalue weighted by molar-refractivity contribution is 0.457. The summed E-state index contributed by atoms with van der Waals surface area (Å²) in [5.74, 6) is 0. The summed E-state index contributed by atoms with van der Waals surface area (Å²) < 4.78 is 25.7. The van der Waals surface area contributed by atoms with Gasteiger partial charge in [-0.05, 0) is 32.1 Å². The molecule has 0 aliphatic heterocycles. The van der Waals surface area contributed by atoms with E-state index in [4.69, 9.17) is 5.26 Å². The lowest BCUT2D eigenvalue weighted by atomic mass is 10.4. The molecule has 1 N–H and O–H groups in total. The Labute approximate surface area is 107 Å². The average molecular weight is 268 g/mol. The van der Waals surface area contributed by atoms with Gasteiger partial charge < -0.3 is 5.32 Å². The Kier molecular flexibility index (Phi) is 5.22. The molecule has 18 heavy (non-hydrogen) atoms. The number of nitrogens with one attached hydrogen (secondary N) is 1. The van der Waals surface area contributed by atoms with Gasteiger partial charge in [0.1, 0.15) is 11.0 Å². The van der Waals surface area contributed by atoms with Crippen molar-refractivity contribution in [3.8, 4) is 6.07 Å². The van der Waals surface area contributed by atoms with Crippen molar-refractivity contribution in [1.29, 1.82) is 5.26 Å². The SMILES string of the molecule is CNCCCN(C)S(=O)(=O)c1cccnc1C#N. The van der Waals surface area contributed by atoms with Crippen LogP contribution in [0.3, 0.4) is 0 Å². The minimum atomic E-state index is -3.64. The van der Waals surface area contributed by atoms with Crippen LogP contribution in [-0.4, -0.2) is 44.9 Å². The summed E-state index contributed by atoms with van der Waals surface area (Å²) in [7, 11) is -0.334. The van der Waals surface area contributed by atoms with Crippen LogP contribution in [0.15, 0.2) is 23.2 Å². The topological polar surface area (TPSA) is 86.1 Å². The predicted octanol–water partition coefficient (Wildman–Crippen LogP) is 0.183. The van der Waals surface area contributed by atoms with Crippen molar-refractivity contribution in [1.82, 2.24) is 14.6 Å². The Morgan fingerprint density at radius 2 is 2.28 bits per heavy atom. The molecule has 0 spiro atoms. The second-order valence-corrected chi connectivity index (χ2v) is 5.76. The first-order valence-corrected chi connectivity index (χ1v) is 6.94. The smallest absolute Gasteiger partial charge is 0.245 e. The molecular weight excluding hydrogens is 252 g/mol. The predicted molar refractivity (Wildman–Crippen MR) is 67.3 cm³/mol. The first-order valence-electron chi connectivity index (χ1n) is 5.50. The van der Waals surface area contributed by atoms with E-state index in [1.807, 2.05) is 7.05 Å². The zero-order valence-electron chi connectivity index (χ0n) is 10.4. The van der Waals surface area contributed by atoms with Gasteiger partial charge in [0, 0.05) is 19.8 Å². The maximum absolute atomic E-state index is 12.2. The molecule has 1 rings (SSSR count). The zero-order chi connectivity index (χ0) is 13.6. The van der Waals surface area contributed by atoms with Gasteiger partial charge in [0.05, 0.1) is 0 Å². The monoisotopic (exact) mass is 268 g/mol. The van der Waals surface area contributed by atoms with E-state index in [-0.39, 0.29) is 10.6 Å². The van der Waals surface area contributed by atoms with E-state index in [9.17, 15) is 8.42 Å². The highest BCUT2D eigenvalue weighted by molar-refractivity contribution is 7.89. The lowest BCUT2D eigenvalue weighted by Gasteiger charge is -2.17. The largest absolute Gasteiger partial charge is 0.320 e. The number of hydrogen-bond acceptors (Lipinski definition) is 5. The van der Waals surface area contributed by atoms with Crippen LogP contribution in [0, 0.1) is 11.3 Å². The van der Waals surface area contributed by atoms with E-state index >= 15 is 0 Å². The first kappa shape index (κ1) is 14.6. The molecule has 1 aromatic heterocycles. The summed E-state index contributed by atoms with van der Waals surface area (Å²) in [5.41, 5.74) is -0.0713. The summed E-state index contributed by atoms with van der Waals surface area (Å²) in [5, 5.41) is 11.8. The summed E-state index contributed by atoms with van der Waals surface area (Å²) in [4.78, 5) is 3.72. The Hall–Kier alpha value is -1.49. The van der Waals surface area contributed by atoms with Gasteiger partial charge in [-0.15, -0.1) is 0 Å². The third-order valence-corrected chi connectivity index (χ3v) is 4.35. The number of sulfonamides is 1. The van der Waals surface area contributed by atoms with E-state index < -0.39 is 10.0 Å². The molecule has 0 atom stereocenters. The fourth-order valence-corrected chi connectivity index (χ4v) is 2.75. The minimum absolute atomic E-state index is 0.0422. The molecule has 0 radical (unpaired) electrons. The second kappa shape index (κ2) is 6.44. The molecule has 0 fully saturated rings. The van der Waals surface area contributed by atoms with Crippen molar-refractivity contribution in [3.05, 3.63) is 24.0 Å². The van der Waals surface area contributed by atoms with E-state index in [2.05, 4.69) is 10.3 Å². The lowest BCUT2D eigenvalue weighted by Crippen LogP contribution is -2.30. The maximum Gasteiger partial charge on any atom is 0.245 e. The van der Waals surface area contributed by atoms with Gasteiger partial charge >= 0.3 is 0 Å². The van der Waals surface area contributed by atoms with Crippen LogP contribution < -0.4 is 5.32 Å². The molecular formula is C11H16N4O2S. The van der Waals surface area contributed by atoms with Gasteiger partial charge in [0.25, 0.3) is 0 Å². The minimum Gasteiger partial charge on any atom is -0.320 e. The number of nitrogens with zero attached hydrogens (tertiary/aromatic N) is 3. The fourth-order valence-electron chi connectivity index (χ4n) is 1.45. The zero-order valence-corrected chi connectivity index (χ0v) is 11.2. The Morgan fingerprint density at radius 3 is 2.89 bits per heavy atom. The number of pyridine rings is 1. The quantitative estimate of drug-likeness (QED) is 0.744. The molecule has 0 saturated carbocycles. The van der Waals surface area contributed by atoms with E-state index in [0.717, 1.165) is 6.54 Å². The van der Waals surface area contributed by atoms with Crippen molar-refractivity contribution < 1.29 is 8.42 Å². The van der Waals surface area contributed by atoms with Crippen molar-refractivity contribution in [2.75, 3.05) is 27.2 Å². The first-order chi connectivity index (χ1) is 8.54. The van der Waals surface area contributed by atoms with Crippen molar-refractivity contribution in [2.24, 2.45) is 0 Å². The highest BCUT2D eigenvalue weighted by Gasteiger charge is 2.24. The molecule has 0 amide bonds. The molecule has 0 aromatic carbocycles. The summed E-state index contributed by atoms with van der Waals surface area (Å²) in [6.07, 6.45) is 2.10. The van der Waals surface area contributed by atoms with Gasteiger partial charge in [0.15, 0.2) is 5.69 Å². The fraction of sp³-hybridized carbons (Fsp3) is 0.455. The summed E-state index contributed by atoms with van der Waals surface area (Å²) in [6.45, 7) is 1.13. The van der Waals surface area contributed by atoms with Crippen molar-refractivity contribution in [3.63, 3.8) is 0 Å².